The Bertz CT molecular complexity index is 1350. The Morgan fingerprint density at radius 3 is 2.35 bits per heavy atom. The van der Waals surface area contributed by atoms with Crippen molar-refractivity contribution in [1.29, 1.82) is 0 Å². The van der Waals surface area contributed by atoms with Crippen LogP contribution in [0, 0.1) is 33.6 Å². The van der Waals surface area contributed by atoms with Gasteiger partial charge in [-0.3, -0.25) is 14.4 Å². The van der Waals surface area contributed by atoms with Crippen LogP contribution < -0.4 is 15.0 Å². The lowest BCUT2D eigenvalue weighted by molar-refractivity contribution is -0.151. The Morgan fingerprint density at radius 1 is 0.946 bits per heavy atom. The Labute approximate surface area is 224 Å². The van der Waals surface area contributed by atoms with Crippen molar-refractivity contribution in [3.63, 3.8) is 0 Å². The lowest BCUT2D eigenvalue weighted by Gasteiger charge is -2.17. The minimum absolute atomic E-state index is 0.0341. The van der Waals surface area contributed by atoms with Gasteiger partial charge in [-0.15, -0.1) is 0 Å². The van der Waals surface area contributed by atoms with E-state index in [1.807, 2.05) is 52.0 Å². The van der Waals surface area contributed by atoms with Crippen molar-refractivity contribution in [2.45, 2.75) is 34.1 Å². The van der Waals surface area contributed by atoms with E-state index in [-0.39, 0.29) is 18.9 Å². The fourth-order valence-electron chi connectivity index (χ4n) is 4.09. The van der Waals surface area contributed by atoms with Crippen LogP contribution in [0.15, 0.2) is 59.1 Å². The van der Waals surface area contributed by atoms with Gasteiger partial charge in [-0.25, -0.2) is 0 Å². The van der Waals surface area contributed by atoms with E-state index in [9.17, 15) is 14.4 Å². The molecule has 0 unspecified atom stereocenters. The van der Waals surface area contributed by atoms with Crippen molar-refractivity contribution in [3.8, 4) is 11.5 Å². The van der Waals surface area contributed by atoms with E-state index in [2.05, 4.69) is 21.2 Å². The van der Waals surface area contributed by atoms with Crippen LogP contribution in [0.5, 0.6) is 11.5 Å². The molecule has 1 N–H and O–H groups in total. The monoisotopic (exact) mass is 564 g/mol. The van der Waals surface area contributed by atoms with Crippen molar-refractivity contribution >= 4 is 45.1 Å². The molecule has 0 aliphatic carbocycles. The highest BCUT2D eigenvalue weighted by Gasteiger charge is 2.36. The number of anilines is 2. The molecule has 1 atom stereocenters. The Kier molecular flexibility index (Phi) is 7.97. The number of halogens is 1. The third-order valence-electron chi connectivity index (χ3n) is 6.66. The normalized spacial score (nSPS) is 15.0. The molecule has 0 bridgehead atoms. The van der Waals surface area contributed by atoms with Gasteiger partial charge in [0.05, 0.1) is 5.92 Å². The maximum Gasteiger partial charge on any atom is 0.311 e. The number of nitrogens with zero attached hydrogens (tertiary/aromatic N) is 1. The second-order valence-corrected chi connectivity index (χ2v) is 10.1. The molecule has 1 aliphatic heterocycles. The highest BCUT2D eigenvalue weighted by molar-refractivity contribution is 9.10. The number of carbonyl (C=O) groups excluding carboxylic acids is 3. The summed E-state index contributed by atoms with van der Waals surface area (Å²) in [5.74, 6) is -0.413. The summed E-state index contributed by atoms with van der Waals surface area (Å²) in [6, 6.07) is 16.7. The van der Waals surface area contributed by atoms with Crippen LogP contribution in [0.1, 0.15) is 28.7 Å². The number of carbonyl (C=O) groups is 3. The van der Waals surface area contributed by atoms with E-state index in [4.69, 9.17) is 9.47 Å². The molecule has 0 radical (unpaired) electrons. The number of rotatable bonds is 7. The summed E-state index contributed by atoms with van der Waals surface area (Å²) in [5.41, 5.74) is 5.62. The number of amides is 2. The Hall–Kier alpha value is -3.65. The van der Waals surface area contributed by atoms with Crippen LogP contribution in [-0.2, 0) is 19.1 Å². The van der Waals surface area contributed by atoms with Gasteiger partial charge in [0.25, 0.3) is 5.91 Å². The lowest BCUT2D eigenvalue weighted by atomic mass is 10.1. The van der Waals surface area contributed by atoms with E-state index in [1.165, 1.54) is 5.56 Å². The Morgan fingerprint density at radius 2 is 1.65 bits per heavy atom. The molecule has 2 amide bonds. The van der Waals surface area contributed by atoms with Crippen LogP contribution in [0.25, 0.3) is 0 Å². The number of nitrogens with one attached hydrogen (secondary N) is 1. The first-order chi connectivity index (χ1) is 17.6. The number of hydrogen-bond acceptors (Lipinski definition) is 5. The van der Waals surface area contributed by atoms with Gasteiger partial charge in [0.2, 0.25) is 5.91 Å². The maximum absolute atomic E-state index is 12.6. The van der Waals surface area contributed by atoms with Crippen LogP contribution in [0.2, 0.25) is 0 Å². The van der Waals surface area contributed by atoms with Gasteiger partial charge in [-0.2, -0.15) is 0 Å². The Balaban J connectivity index is 1.30. The summed E-state index contributed by atoms with van der Waals surface area (Å²) < 4.78 is 12.1. The lowest BCUT2D eigenvalue weighted by Crippen LogP contribution is -2.28. The predicted molar refractivity (Wildman–Crippen MR) is 146 cm³/mol. The quantitative estimate of drug-likeness (QED) is 0.355. The minimum Gasteiger partial charge on any atom is -0.457 e. The predicted octanol–water partition coefficient (Wildman–Crippen LogP) is 6.01. The number of ether oxygens (including phenoxy) is 2. The summed E-state index contributed by atoms with van der Waals surface area (Å²) in [6.07, 6.45) is 0.0341. The van der Waals surface area contributed by atoms with Crippen LogP contribution in [0.3, 0.4) is 0 Å². The van der Waals surface area contributed by atoms with E-state index in [0.29, 0.717) is 17.1 Å². The molecule has 4 rings (SSSR count). The van der Waals surface area contributed by atoms with Crippen LogP contribution >= 0.6 is 15.9 Å². The van der Waals surface area contributed by atoms with E-state index < -0.39 is 24.4 Å². The maximum atomic E-state index is 12.6. The van der Waals surface area contributed by atoms with Gasteiger partial charge in [0, 0.05) is 28.8 Å². The fourth-order valence-corrected chi connectivity index (χ4v) is 4.52. The van der Waals surface area contributed by atoms with E-state index in [1.54, 1.807) is 35.2 Å². The molecule has 1 heterocycles. The summed E-state index contributed by atoms with van der Waals surface area (Å²) in [6.45, 7) is 7.71. The van der Waals surface area contributed by atoms with Crippen molar-refractivity contribution in [2.24, 2.45) is 5.92 Å². The van der Waals surface area contributed by atoms with Crippen LogP contribution in [0.4, 0.5) is 11.4 Å². The van der Waals surface area contributed by atoms with Crippen molar-refractivity contribution in [3.05, 3.63) is 81.3 Å². The van der Waals surface area contributed by atoms with Crippen molar-refractivity contribution < 1.29 is 23.9 Å². The van der Waals surface area contributed by atoms with Gasteiger partial charge in [0.15, 0.2) is 6.61 Å². The second kappa shape index (κ2) is 11.2. The standard InChI is InChI=1S/C29H29BrN2O5/c1-17-5-8-24(13-18(17)2)37-23-9-6-22(7-10-23)32-15-21(14-28(32)34)29(35)36-16-27(33)31-26-12-11-25(30)19(3)20(26)4/h5-13,21H,14-16H2,1-4H3,(H,31,33)/t21-/m1/s1. The molecule has 8 heteroatoms. The highest BCUT2D eigenvalue weighted by atomic mass is 79.9. The third kappa shape index (κ3) is 6.20. The molecule has 0 saturated carbocycles. The SMILES string of the molecule is Cc1ccc(Oc2ccc(N3C[C@H](C(=O)OCC(=O)Nc4ccc(Br)c(C)c4C)CC3=O)cc2)cc1C. The summed E-state index contributed by atoms with van der Waals surface area (Å²) in [5, 5.41) is 2.77. The average molecular weight is 565 g/mol. The third-order valence-corrected chi connectivity index (χ3v) is 7.52. The zero-order valence-corrected chi connectivity index (χ0v) is 22.8. The smallest absolute Gasteiger partial charge is 0.311 e. The summed E-state index contributed by atoms with van der Waals surface area (Å²) in [7, 11) is 0. The van der Waals surface area contributed by atoms with Gasteiger partial charge in [0.1, 0.15) is 11.5 Å². The summed E-state index contributed by atoms with van der Waals surface area (Å²) >= 11 is 3.46. The number of hydrogen-bond donors (Lipinski definition) is 1. The first-order valence-electron chi connectivity index (χ1n) is 12.0. The van der Waals surface area contributed by atoms with E-state index >= 15 is 0 Å². The van der Waals surface area contributed by atoms with Gasteiger partial charge >= 0.3 is 5.97 Å². The van der Waals surface area contributed by atoms with Crippen molar-refractivity contribution in [2.75, 3.05) is 23.4 Å². The zero-order chi connectivity index (χ0) is 26.7. The molecule has 37 heavy (non-hydrogen) atoms. The molecule has 192 valence electrons. The summed E-state index contributed by atoms with van der Waals surface area (Å²) in [4.78, 5) is 39.1. The average Bonchev–Trinajstić information content (AvgIpc) is 3.27. The first kappa shape index (κ1) is 26.4. The number of aryl methyl sites for hydroxylation is 2. The number of esters is 1. The second-order valence-electron chi connectivity index (χ2n) is 9.25. The molecular weight excluding hydrogens is 536 g/mol. The minimum atomic E-state index is -0.636. The molecule has 7 nitrogen and oxygen atoms in total. The fraction of sp³-hybridized carbons (Fsp3) is 0.276. The van der Waals surface area contributed by atoms with Crippen molar-refractivity contribution in [1.82, 2.24) is 0 Å². The van der Waals surface area contributed by atoms with Crippen LogP contribution in [-0.4, -0.2) is 30.9 Å². The van der Waals surface area contributed by atoms with Gasteiger partial charge in [-0.1, -0.05) is 22.0 Å². The molecule has 0 spiro atoms. The molecule has 1 saturated heterocycles. The molecule has 3 aromatic rings. The topological polar surface area (TPSA) is 84.9 Å². The number of benzene rings is 3. The van der Waals surface area contributed by atoms with Gasteiger partial charge in [-0.05, 0) is 98.5 Å². The van der Waals surface area contributed by atoms with E-state index in [0.717, 1.165) is 26.9 Å². The molecule has 3 aromatic carbocycles. The largest absolute Gasteiger partial charge is 0.457 e. The highest BCUT2D eigenvalue weighted by Crippen LogP contribution is 2.30. The molecule has 1 aliphatic rings. The molecule has 1 fully saturated rings. The zero-order valence-electron chi connectivity index (χ0n) is 21.3. The molecule has 0 aromatic heterocycles. The molecular formula is C29H29BrN2O5. The van der Waals surface area contributed by atoms with Gasteiger partial charge < -0.3 is 19.7 Å². The first-order valence-corrected chi connectivity index (χ1v) is 12.8.